The molecule has 7 heteroatoms. The zero-order valence-electron chi connectivity index (χ0n) is 14.6. The predicted molar refractivity (Wildman–Crippen MR) is 86.0 cm³/mol. The van der Waals surface area contributed by atoms with Gasteiger partial charge in [0.25, 0.3) is 0 Å². The summed E-state index contributed by atoms with van der Waals surface area (Å²) in [5, 5.41) is 11.1. The summed E-state index contributed by atoms with van der Waals surface area (Å²) in [6.07, 6.45) is -0.199. The number of nitrogens with zero attached hydrogens (tertiary/aromatic N) is 1. The lowest BCUT2D eigenvalue weighted by molar-refractivity contribution is -0.141. The molecule has 0 aromatic heterocycles. The highest BCUT2D eigenvalue weighted by atomic mass is 19.1. The largest absolute Gasteiger partial charge is 0.444 e. The summed E-state index contributed by atoms with van der Waals surface area (Å²) in [6, 6.07) is 2.22. The standard InChI is InChI=1S/C18H23F2NO4/c1-17(2,3)25-16(22)21-14-7-18(23,8-15(21)10-24-9-14)11-4-12(19)6-13(20)5-11/h4-6,14-15,23H,7-10H2,1-3H3. The van der Waals surface area contributed by atoms with Crippen molar-refractivity contribution < 1.29 is 28.2 Å². The number of halogens is 2. The summed E-state index contributed by atoms with van der Waals surface area (Å²) in [5.74, 6) is -1.47. The van der Waals surface area contributed by atoms with Gasteiger partial charge in [-0.05, 0) is 38.5 Å². The lowest BCUT2D eigenvalue weighted by Gasteiger charge is -2.51. The monoisotopic (exact) mass is 355 g/mol. The van der Waals surface area contributed by atoms with Crippen molar-refractivity contribution in [3.05, 3.63) is 35.4 Å². The first-order valence-electron chi connectivity index (χ1n) is 8.35. The summed E-state index contributed by atoms with van der Waals surface area (Å²) in [7, 11) is 0. The molecule has 0 saturated carbocycles. The third kappa shape index (κ3) is 3.77. The number of amides is 1. The molecule has 138 valence electrons. The van der Waals surface area contributed by atoms with Gasteiger partial charge in [-0.1, -0.05) is 0 Å². The normalized spacial score (nSPS) is 29.4. The molecular formula is C18H23F2NO4. The van der Waals surface area contributed by atoms with Gasteiger partial charge in [0.15, 0.2) is 0 Å². The van der Waals surface area contributed by atoms with E-state index in [4.69, 9.17) is 9.47 Å². The van der Waals surface area contributed by atoms with E-state index in [1.165, 1.54) is 0 Å². The number of carbonyl (C=O) groups excluding carboxylic acids is 1. The molecule has 2 bridgehead atoms. The van der Waals surface area contributed by atoms with Crippen LogP contribution >= 0.6 is 0 Å². The van der Waals surface area contributed by atoms with Crippen LogP contribution in [0, 0.1) is 11.6 Å². The van der Waals surface area contributed by atoms with Crippen LogP contribution in [0.5, 0.6) is 0 Å². The first-order chi connectivity index (χ1) is 11.6. The maximum Gasteiger partial charge on any atom is 0.410 e. The molecular weight excluding hydrogens is 332 g/mol. The van der Waals surface area contributed by atoms with Crippen LogP contribution in [0.4, 0.5) is 13.6 Å². The van der Waals surface area contributed by atoms with Gasteiger partial charge in [0.1, 0.15) is 17.2 Å². The van der Waals surface area contributed by atoms with E-state index in [1.54, 1.807) is 25.7 Å². The Labute approximate surface area is 145 Å². The van der Waals surface area contributed by atoms with Gasteiger partial charge in [-0.15, -0.1) is 0 Å². The van der Waals surface area contributed by atoms with Crippen molar-refractivity contribution in [2.75, 3.05) is 13.2 Å². The van der Waals surface area contributed by atoms with Crippen LogP contribution in [-0.4, -0.2) is 47.0 Å². The van der Waals surface area contributed by atoms with Crippen LogP contribution in [0.1, 0.15) is 39.2 Å². The summed E-state index contributed by atoms with van der Waals surface area (Å²) in [4.78, 5) is 14.1. The molecule has 1 aromatic carbocycles. The van der Waals surface area contributed by atoms with Crippen LogP contribution in [0.3, 0.4) is 0 Å². The topological polar surface area (TPSA) is 59.0 Å². The second kappa shape index (κ2) is 6.21. The first kappa shape index (κ1) is 18.1. The summed E-state index contributed by atoms with van der Waals surface area (Å²) in [5.41, 5.74) is -1.86. The van der Waals surface area contributed by atoms with Gasteiger partial charge in [-0.2, -0.15) is 0 Å². The number of piperidine rings is 1. The highest BCUT2D eigenvalue weighted by molar-refractivity contribution is 5.69. The Morgan fingerprint density at radius 3 is 2.20 bits per heavy atom. The number of morpholine rings is 1. The van der Waals surface area contributed by atoms with Gasteiger partial charge in [0.05, 0.1) is 30.9 Å². The molecule has 2 heterocycles. The lowest BCUT2D eigenvalue weighted by Crippen LogP contribution is -2.63. The highest BCUT2D eigenvalue weighted by Crippen LogP contribution is 2.41. The third-order valence-corrected chi connectivity index (χ3v) is 4.56. The summed E-state index contributed by atoms with van der Waals surface area (Å²) in [6.45, 7) is 5.85. The van der Waals surface area contributed by atoms with Crippen LogP contribution in [0.2, 0.25) is 0 Å². The molecule has 25 heavy (non-hydrogen) atoms. The molecule has 2 fully saturated rings. The average Bonchev–Trinajstić information content (AvgIpc) is 2.43. The number of fused-ring (bicyclic) bond motifs is 2. The number of carbonyl (C=O) groups is 1. The highest BCUT2D eigenvalue weighted by Gasteiger charge is 2.50. The minimum Gasteiger partial charge on any atom is -0.444 e. The van der Waals surface area contributed by atoms with E-state index in [0.29, 0.717) is 0 Å². The van der Waals surface area contributed by atoms with Gasteiger partial charge in [-0.25, -0.2) is 13.6 Å². The Morgan fingerprint density at radius 2 is 1.72 bits per heavy atom. The number of aliphatic hydroxyl groups is 1. The maximum atomic E-state index is 13.6. The van der Waals surface area contributed by atoms with Gasteiger partial charge >= 0.3 is 6.09 Å². The molecule has 3 rings (SSSR count). The molecule has 2 saturated heterocycles. The molecule has 0 spiro atoms. The summed E-state index contributed by atoms with van der Waals surface area (Å²) < 4.78 is 38.1. The Bertz CT molecular complexity index is 639. The fraction of sp³-hybridized carbons (Fsp3) is 0.611. The van der Waals surface area contributed by atoms with E-state index in [0.717, 1.165) is 18.2 Å². The van der Waals surface area contributed by atoms with Crippen molar-refractivity contribution >= 4 is 6.09 Å². The van der Waals surface area contributed by atoms with Crippen molar-refractivity contribution in [3.8, 4) is 0 Å². The van der Waals surface area contributed by atoms with Crippen LogP contribution in [0.15, 0.2) is 18.2 Å². The number of hydrogen-bond donors (Lipinski definition) is 1. The number of benzene rings is 1. The quantitative estimate of drug-likeness (QED) is 0.841. The van der Waals surface area contributed by atoms with Crippen molar-refractivity contribution in [2.24, 2.45) is 0 Å². The smallest absolute Gasteiger partial charge is 0.410 e. The molecule has 2 unspecified atom stereocenters. The van der Waals surface area contributed by atoms with Gasteiger partial charge in [0, 0.05) is 18.9 Å². The summed E-state index contributed by atoms with van der Waals surface area (Å²) >= 11 is 0. The molecule has 2 aliphatic rings. The van der Waals surface area contributed by atoms with E-state index in [-0.39, 0.29) is 31.6 Å². The van der Waals surface area contributed by atoms with E-state index < -0.39 is 41.0 Å². The molecule has 0 aliphatic carbocycles. The molecule has 1 N–H and O–H groups in total. The number of rotatable bonds is 1. The zero-order chi connectivity index (χ0) is 18.4. The fourth-order valence-electron chi connectivity index (χ4n) is 3.65. The minimum absolute atomic E-state index is 0.131. The van der Waals surface area contributed by atoms with Gasteiger partial charge < -0.3 is 14.6 Å². The van der Waals surface area contributed by atoms with Crippen LogP contribution in [0.25, 0.3) is 0 Å². The molecule has 2 atom stereocenters. The molecule has 1 amide bonds. The Hall–Kier alpha value is -1.73. The first-order valence-corrected chi connectivity index (χ1v) is 8.35. The third-order valence-electron chi connectivity index (χ3n) is 4.56. The SMILES string of the molecule is CC(C)(C)OC(=O)N1C2COCC1CC(O)(c1cc(F)cc(F)c1)C2. The average molecular weight is 355 g/mol. The van der Waals surface area contributed by atoms with Crippen molar-refractivity contribution in [2.45, 2.75) is 56.9 Å². The maximum absolute atomic E-state index is 13.6. The predicted octanol–water partition coefficient (Wildman–Crippen LogP) is 2.95. The van der Waals surface area contributed by atoms with Crippen molar-refractivity contribution in [1.29, 1.82) is 0 Å². The number of ether oxygens (including phenoxy) is 2. The Balaban J connectivity index is 1.86. The van der Waals surface area contributed by atoms with E-state index in [2.05, 4.69) is 0 Å². The molecule has 1 aromatic rings. The number of hydrogen-bond acceptors (Lipinski definition) is 4. The molecule has 0 radical (unpaired) electrons. The molecule has 5 nitrogen and oxygen atoms in total. The Morgan fingerprint density at radius 1 is 1.20 bits per heavy atom. The van der Waals surface area contributed by atoms with Crippen LogP contribution in [-0.2, 0) is 15.1 Å². The van der Waals surface area contributed by atoms with Crippen molar-refractivity contribution in [3.63, 3.8) is 0 Å². The molecule has 2 aliphatic heterocycles. The van der Waals surface area contributed by atoms with Gasteiger partial charge in [-0.3, -0.25) is 4.90 Å². The zero-order valence-corrected chi connectivity index (χ0v) is 14.6. The lowest BCUT2D eigenvalue weighted by atomic mass is 9.77. The van der Waals surface area contributed by atoms with E-state index in [1.807, 2.05) is 0 Å². The minimum atomic E-state index is -1.42. The fourth-order valence-corrected chi connectivity index (χ4v) is 3.65. The van der Waals surface area contributed by atoms with Crippen LogP contribution < -0.4 is 0 Å². The second-order valence-electron chi connectivity index (χ2n) is 7.83. The van der Waals surface area contributed by atoms with E-state index >= 15 is 0 Å². The van der Waals surface area contributed by atoms with Crippen molar-refractivity contribution in [1.82, 2.24) is 4.90 Å². The van der Waals surface area contributed by atoms with Gasteiger partial charge in [0.2, 0.25) is 0 Å². The Kier molecular flexibility index (Phi) is 4.49. The second-order valence-corrected chi connectivity index (χ2v) is 7.83. The van der Waals surface area contributed by atoms with E-state index in [9.17, 15) is 18.7 Å².